The first-order chi connectivity index (χ1) is 17.3. The Balaban J connectivity index is 1.60. The van der Waals surface area contributed by atoms with Crippen molar-refractivity contribution in [3.05, 3.63) is 53.9 Å². The Morgan fingerprint density at radius 3 is 2.24 bits per heavy atom. The second-order valence-electron chi connectivity index (χ2n) is 11.0. The molecule has 1 saturated heterocycles. The van der Waals surface area contributed by atoms with E-state index in [4.69, 9.17) is 4.98 Å². The number of likely N-dealkylation sites (tertiary alicyclic amines) is 1. The monoisotopic (exact) mass is 524 g/mol. The van der Waals surface area contributed by atoms with Crippen molar-refractivity contribution in [2.45, 2.75) is 70.1 Å². The summed E-state index contributed by atoms with van der Waals surface area (Å²) < 4.78 is 28.8. The lowest BCUT2D eigenvalue weighted by molar-refractivity contribution is -0.130. The van der Waals surface area contributed by atoms with Gasteiger partial charge in [-0.1, -0.05) is 32.9 Å². The number of hydrogen-bond acceptors (Lipinski definition) is 5. The van der Waals surface area contributed by atoms with Gasteiger partial charge in [-0.05, 0) is 54.7 Å². The minimum absolute atomic E-state index is 0.124. The van der Waals surface area contributed by atoms with E-state index in [0.29, 0.717) is 22.7 Å². The SMILES string of the molecule is CC(=O)Nc1ccc(CS(=O)(=O)c2ccc3c(c2)nc(C(C)(C)C)n3CC2CCN(C(C)=O)CC2)cc1. The fourth-order valence-electron chi connectivity index (χ4n) is 4.94. The number of imidazole rings is 1. The van der Waals surface area contributed by atoms with Crippen LogP contribution in [0.5, 0.6) is 0 Å². The number of carbonyl (C=O) groups excluding carboxylic acids is 2. The van der Waals surface area contributed by atoms with Gasteiger partial charge in [-0.2, -0.15) is 0 Å². The summed E-state index contributed by atoms with van der Waals surface area (Å²) in [7, 11) is -3.60. The molecular weight excluding hydrogens is 488 g/mol. The third-order valence-electron chi connectivity index (χ3n) is 6.88. The van der Waals surface area contributed by atoms with E-state index in [1.165, 1.54) is 6.92 Å². The summed E-state index contributed by atoms with van der Waals surface area (Å²) in [4.78, 5) is 30.0. The molecule has 2 aromatic carbocycles. The molecule has 0 unspecified atom stereocenters. The molecule has 1 aliphatic rings. The molecule has 1 N–H and O–H groups in total. The predicted octanol–water partition coefficient (Wildman–Crippen LogP) is 4.52. The maximum Gasteiger partial charge on any atom is 0.221 e. The van der Waals surface area contributed by atoms with Crippen molar-refractivity contribution in [2.24, 2.45) is 5.92 Å². The second-order valence-corrected chi connectivity index (χ2v) is 13.0. The van der Waals surface area contributed by atoms with Crippen molar-refractivity contribution < 1.29 is 18.0 Å². The lowest BCUT2D eigenvalue weighted by Gasteiger charge is -2.32. The average molecular weight is 525 g/mol. The maximum absolute atomic E-state index is 13.3. The fourth-order valence-corrected chi connectivity index (χ4v) is 6.30. The highest BCUT2D eigenvalue weighted by Gasteiger charge is 2.28. The molecule has 198 valence electrons. The summed E-state index contributed by atoms with van der Waals surface area (Å²) in [5.74, 6) is 1.17. The average Bonchev–Trinajstić information content (AvgIpc) is 3.18. The van der Waals surface area contributed by atoms with Crippen LogP contribution in [0.1, 0.15) is 58.8 Å². The Morgan fingerprint density at radius 1 is 1.03 bits per heavy atom. The summed E-state index contributed by atoms with van der Waals surface area (Å²) in [6.07, 6.45) is 1.88. The number of nitrogens with one attached hydrogen (secondary N) is 1. The second kappa shape index (κ2) is 10.3. The zero-order chi connectivity index (χ0) is 27.0. The number of anilines is 1. The number of fused-ring (bicyclic) bond motifs is 1. The molecule has 9 heteroatoms. The van der Waals surface area contributed by atoms with Crippen LogP contribution in [0.2, 0.25) is 0 Å². The first kappa shape index (κ1) is 26.9. The van der Waals surface area contributed by atoms with Crippen LogP contribution in [0, 0.1) is 5.92 Å². The zero-order valence-electron chi connectivity index (χ0n) is 22.2. The summed E-state index contributed by atoms with van der Waals surface area (Å²) in [6, 6.07) is 12.1. The fraction of sp³-hybridized carbons (Fsp3) is 0.464. The van der Waals surface area contributed by atoms with Crippen LogP contribution in [0.3, 0.4) is 0 Å². The number of aromatic nitrogens is 2. The van der Waals surface area contributed by atoms with Gasteiger partial charge in [-0.3, -0.25) is 9.59 Å². The molecule has 0 aliphatic carbocycles. The standard InChI is InChI=1S/C28H36N4O4S/c1-19(33)29-23-8-6-22(7-9-23)18-37(35,36)24-10-11-26-25(16-24)30-27(28(3,4)5)32(26)17-21-12-14-31(15-13-21)20(2)34/h6-11,16,21H,12-15,17-18H2,1-5H3,(H,29,33). The van der Waals surface area contributed by atoms with Gasteiger partial charge >= 0.3 is 0 Å². The van der Waals surface area contributed by atoms with E-state index in [1.54, 1.807) is 43.3 Å². The third kappa shape index (κ3) is 6.21. The van der Waals surface area contributed by atoms with Crippen molar-refractivity contribution in [1.82, 2.24) is 14.5 Å². The van der Waals surface area contributed by atoms with Crippen LogP contribution in [0.15, 0.2) is 47.4 Å². The Morgan fingerprint density at radius 2 is 1.68 bits per heavy atom. The molecule has 2 amide bonds. The van der Waals surface area contributed by atoms with Crippen molar-refractivity contribution in [3.63, 3.8) is 0 Å². The number of amides is 2. The molecule has 0 spiro atoms. The highest BCUT2D eigenvalue weighted by Crippen LogP contribution is 2.31. The molecule has 2 heterocycles. The van der Waals surface area contributed by atoms with Gasteiger partial charge in [0.05, 0.1) is 21.7 Å². The molecule has 8 nitrogen and oxygen atoms in total. The first-order valence-electron chi connectivity index (χ1n) is 12.7. The lowest BCUT2D eigenvalue weighted by Crippen LogP contribution is -2.38. The van der Waals surface area contributed by atoms with Crippen LogP contribution < -0.4 is 5.32 Å². The van der Waals surface area contributed by atoms with Gasteiger partial charge < -0.3 is 14.8 Å². The van der Waals surface area contributed by atoms with Crippen molar-refractivity contribution in [2.75, 3.05) is 18.4 Å². The Kier molecular flexibility index (Phi) is 7.46. The van der Waals surface area contributed by atoms with Gasteiger partial charge in [0.1, 0.15) is 5.82 Å². The quantitative estimate of drug-likeness (QED) is 0.511. The van der Waals surface area contributed by atoms with Crippen molar-refractivity contribution in [1.29, 1.82) is 0 Å². The molecule has 0 bridgehead atoms. The highest BCUT2D eigenvalue weighted by atomic mass is 32.2. The van der Waals surface area contributed by atoms with E-state index >= 15 is 0 Å². The lowest BCUT2D eigenvalue weighted by atomic mass is 9.93. The number of nitrogens with zero attached hydrogens (tertiary/aromatic N) is 3. The normalized spacial score (nSPS) is 15.2. The van der Waals surface area contributed by atoms with E-state index in [1.807, 2.05) is 11.0 Å². The van der Waals surface area contributed by atoms with Crippen LogP contribution in [0.25, 0.3) is 11.0 Å². The van der Waals surface area contributed by atoms with E-state index in [9.17, 15) is 18.0 Å². The molecule has 0 atom stereocenters. The molecule has 1 aromatic heterocycles. The zero-order valence-corrected chi connectivity index (χ0v) is 23.1. The highest BCUT2D eigenvalue weighted by molar-refractivity contribution is 7.90. The number of carbonyl (C=O) groups is 2. The minimum Gasteiger partial charge on any atom is -0.343 e. The van der Waals surface area contributed by atoms with Gasteiger partial charge in [0.2, 0.25) is 11.8 Å². The van der Waals surface area contributed by atoms with Crippen molar-refractivity contribution in [3.8, 4) is 0 Å². The van der Waals surface area contributed by atoms with Crippen LogP contribution in [-0.2, 0) is 37.1 Å². The Hall–Kier alpha value is -3.20. The molecule has 37 heavy (non-hydrogen) atoms. The molecular formula is C28H36N4O4S. The maximum atomic E-state index is 13.3. The number of rotatable bonds is 6. The first-order valence-corrected chi connectivity index (χ1v) is 14.3. The summed E-state index contributed by atoms with van der Waals surface area (Å²) in [6.45, 7) is 11.7. The molecule has 0 saturated carbocycles. The Labute approximate surface area is 219 Å². The van der Waals surface area contributed by atoms with Gasteiger partial charge in [-0.25, -0.2) is 13.4 Å². The van der Waals surface area contributed by atoms with Gasteiger partial charge in [0.25, 0.3) is 0 Å². The molecule has 1 fully saturated rings. The molecule has 3 aromatic rings. The van der Waals surface area contributed by atoms with Gasteiger partial charge in [0, 0.05) is 44.6 Å². The molecule has 4 rings (SSSR count). The summed E-state index contributed by atoms with van der Waals surface area (Å²) in [5, 5.41) is 2.69. The molecule has 1 aliphatic heterocycles. The third-order valence-corrected chi connectivity index (χ3v) is 8.57. The summed E-state index contributed by atoms with van der Waals surface area (Å²) in [5.41, 5.74) is 2.66. The largest absolute Gasteiger partial charge is 0.343 e. The predicted molar refractivity (Wildman–Crippen MR) is 145 cm³/mol. The van der Waals surface area contributed by atoms with Crippen LogP contribution in [0.4, 0.5) is 5.69 Å². The molecule has 0 radical (unpaired) electrons. The van der Waals surface area contributed by atoms with E-state index in [2.05, 4.69) is 30.7 Å². The number of hydrogen-bond donors (Lipinski definition) is 1. The van der Waals surface area contributed by atoms with E-state index in [-0.39, 0.29) is 27.9 Å². The minimum atomic E-state index is -3.60. The Bertz CT molecular complexity index is 1410. The van der Waals surface area contributed by atoms with Crippen LogP contribution in [-0.4, -0.2) is 47.8 Å². The summed E-state index contributed by atoms with van der Waals surface area (Å²) >= 11 is 0. The van der Waals surface area contributed by atoms with Crippen molar-refractivity contribution >= 4 is 38.4 Å². The van der Waals surface area contributed by atoms with Gasteiger partial charge in [0.15, 0.2) is 9.84 Å². The topological polar surface area (TPSA) is 101 Å². The number of piperidine rings is 1. The smallest absolute Gasteiger partial charge is 0.221 e. The van der Waals surface area contributed by atoms with E-state index < -0.39 is 9.84 Å². The number of sulfone groups is 1. The van der Waals surface area contributed by atoms with Crippen LogP contribution >= 0.6 is 0 Å². The van der Waals surface area contributed by atoms with Gasteiger partial charge in [-0.15, -0.1) is 0 Å². The van der Waals surface area contributed by atoms with E-state index in [0.717, 1.165) is 43.8 Å². The number of benzene rings is 2.